The number of rotatable bonds is 2. The minimum absolute atomic E-state index is 0.0105. The van der Waals surface area contributed by atoms with Gasteiger partial charge in [-0.1, -0.05) is 6.07 Å². The second kappa shape index (κ2) is 6.61. The van der Waals surface area contributed by atoms with Crippen LogP contribution in [0.15, 0.2) is 42.9 Å². The van der Waals surface area contributed by atoms with Crippen LogP contribution in [0, 0.1) is 5.82 Å². The van der Waals surface area contributed by atoms with Crippen molar-refractivity contribution in [2.75, 3.05) is 36.0 Å². The molecular formula is C19H20FN5O2. The molecule has 8 heteroatoms. The van der Waals surface area contributed by atoms with E-state index in [9.17, 15) is 14.0 Å². The molecule has 0 N–H and O–H groups in total. The molecule has 2 aliphatic rings. The number of nitrogens with zero attached hydrogens (tertiary/aromatic N) is 5. The molecule has 0 radical (unpaired) electrons. The van der Waals surface area contributed by atoms with E-state index < -0.39 is 11.4 Å². The molecule has 140 valence electrons. The standard InChI is InChI=1S/C19H20FN5O2/c1-14(26)25-10-18(27)24(16-4-2-3-15(20)9-16)12-19(25)6-8-23(11-19)17-5-7-21-13-22-17/h2-5,7,9,13H,6,8,10-12H2,1H3. The summed E-state index contributed by atoms with van der Waals surface area (Å²) in [6, 6.07) is 7.84. The Hall–Kier alpha value is -3.03. The Morgan fingerprint density at radius 1 is 1.26 bits per heavy atom. The molecule has 2 aromatic rings. The van der Waals surface area contributed by atoms with E-state index in [0.29, 0.717) is 31.7 Å². The number of anilines is 2. The van der Waals surface area contributed by atoms with E-state index >= 15 is 0 Å². The van der Waals surface area contributed by atoms with Gasteiger partial charge in [-0.2, -0.15) is 0 Å². The third-order valence-electron chi connectivity index (χ3n) is 5.34. The van der Waals surface area contributed by atoms with Crippen molar-refractivity contribution in [2.45, 2.75) is 18.9 Å². The number of aromatic nitrogens is 2. The average Bonchev–Trinajstić information content (AvgIpc) is 3.08. The van der Waals surface area contributed by atoms with Crippen molar-refractivity contribution in [2.24, 2.45) is 0 Å². The van der Waals surface area contributed by atoms with Gasteiger partial charge < -0.3 is 14.7 Å². The van der Waals surface area contributed by atoms with Crippen molar-refractivity contribution in [3.63, 3.8) is 0 Å². The Labute approximate surface area is 156 Å². The second-order valence-electron chi connectivity index (χ2n) is 7.03. The van der Waals surface area contributed by atoms with Crippen LogP contribution in [0.2, 0.25) is 0 Å². The zero-order chi connectivity index (χ0) is 19.0. The summed E-state index contributed by atoms with van der Waals surface area (Å²) in [5, 5.41) is 0. The predicted octanol–water partition coefficient (Wildman–Crippen LogP) is 1.46. The zero-order valence-electron chi connectivity index (χ0n) is 15.0. The quantitative estimate of drug-likeness (QED) is 0.802. The monoisotopic (exact) mass is 369 g/mol. The Balaban J connectivity index is 1.66. The molecule has 2 aliphatic heterocycles. The predicted molar refractivity (Wildman–Crippen MR) is 97.7 cm³/mol. The number of benzene rings is 1. The Morgan fingerprint density at radius 3 is 2.81 bits per heavy atom. The lowest BCUT2D eigenvalue weighted by atomic mass is 9.91. The van der Waals surface area contributed by atoms with E-state index in [1.165, 1.54) is 25.4 Å². The van der Waals surface area contributed by atoms with Gasteiger partial charge in [-0.05, 0) is 30.7 Å². The fourth-order valence-electron chi connectivity index (χ4n) is 4.05. The van der Waals surface area contributed by atoms with Gasteiger partial charge in [0.05, 0.1) is 12.1 Å². The van der Waals surface area contributed by atoms with Gasteiger partial charge in [-0.25, -0.2) is 14.4 Å². The number of hydrogen-bond donors (Lipinski definition) is 0. The van der Waals surface area contributed by atoms with E-state index in [2.05, 4.69) is 14.9 Å². The fourth-order valence-corrected chi connectivity index (χ4v) is 4.05. The van der Waals surface area contributed by atoms with Crippen LogP contribution < -0.4 is 9.80 Å². The van der Waals surface area contributed by atoms with Crippen molar-refractivity contribution in [3.8, 4) is 0 Å². The maximum Gasteiger partial charge on any atom is 0.246 e. The summed E-state index contributed by atoms with van der Waals surface area (Å²) in [4.78, 5) is 38.6. The third-order valence-corrected chi connectivity index (χ3v) is 5.34. The SMILES string of the molecule is CC(=O)N1CC(=O)N(c2cccc(F)c2)CC12CCN(c1ccncn1)C2. The first kappa shape index (κ1) is 17.4. The maximum absolute atomic E-state index is 13.7. The molecule has 1 spiro atoms. The van der Waals surface area contributed by atoms with Gasteiger partial charge in [0.2, 0.25) is 11.8 Å². The van der Waals surface area contributed by atoms with Crippen LogP contribution in [-0.4, -0.2) is 58.4 Å². The van der Waals surface area contributed by atoms with Crippen LogP contribution in [-0.2, 0) is 9.59 Å². The number of amides is 2. The molecule has 1 aromatic heterocycles. The molecule has 3 heterocycles. The van der Waals surface area contributed by atoms with Gasteiger partial charge >= 0.3 is 0 Å². The molecule has 2 fully saturated rings. The molecule has 0 aliphatic carbocycles. The molecule has 0 bridgehead atoms. The van der Waals surface area contributed by atoms with Gasteiger partial charge in [0.25, 0.3) is 0 Å². The first-order valence-electron chi connectivity index (χ1n) is 8.84. The van der Waals surface area contributed by atoms with Gasteiger partial charge in [0, 0.05) is 31.9 Å². The lowest BCUT2D eigenvalue weighted by Gasteiger charge is -2.48. The molecule has 0 saturated carbocycles. The number of carbonyl (C=O) groups is 2. The summed E-state index contributed by atoms with van der Waals surface area (Å²) in [5.74, 6) is 0.0608. The Bertz CT molecular complexity index is 877. The maximum atomic E-state index is 13.7. The van der Waals surface area contributed by atoms with E-state index in [1.54, 1.807) is 28.1 Å². The van der Waals surface area contributed by atoms with Crippen molar-refractivity contribution in [3.05, 3.63) is 48.7 Å². The summed E-state index contributed by atoms with van der Waals surface area (Å²) in [7, 11) is 0. The highest BCUT2D eigenvalue weighted by molar-refractivity contribution is 5.98. The van der Waals surface area contributed by atoms with Gasteiger partial charge in [-0.3, -0.25) is 9.59 Å². The average molecular weight is 369 g/mol. The smallest absolute Gasteiger partial charge is 0.246 e. The lowest BCUT2D eigenvalue weighted by molar-refractivity contribution is -0.142. The van der Waals surface area contributed by atoms with E-state index in [0.717, 1.165) is 5.82 Å². The van der Waals surface area contributed by atoms with Crippen LogP contribution >= 0.6 is 0 Å². The normalized spacial score (nSPS) is 22.6. The number of halogens is 1. The van der Waals surface area contributed by atoms with Crippen LogP contribution in [0.5, 0.6) is 0 Å². The zero-order valence-corrected chi connectivity index (χ0v) is 15.0. The van der Waals surface area contributed by atoms with E-state index in [4.69, 9.17) is 0 Å². The van der Waals surface area contributed by atoms with Crippen molar-refractivity contribution < 1.29 is 14.0 Å². The van der Waals surface area contributed by atoms with E-state index in [-0.39, 0.29) is 18.4 Å². The summed E-state index contributed by atoms with van der Waals surface area (Å²) in [5.41, 5.74) is -0.0140. The third kappa shape index (κ3) is 3.11. The molecule has 1 atom stereocenters. The molecule has 4 rings (SSSR count). The topological polar surface area (TPSA) is 69.6 Å². The van der Waals surface area contributed by atoms with Crippen LogP contribution in [0.25, 0.3) is 0 Å². The minimum Gasteiger partial charge on any atom is -0.354 e. The molecule has 1 aromatic carbocycles. The van der Waals surface area contributed by atoms with Crippen LogP contribution in [0.3, 0.4) is 0 Å². The Kier molecular flexibility index (Phi) is 4.25. The largest absolute Gasteiger partial charge is 0.354 e. The van der Waals surface area contributed by atoms with Gasteiger partial charge in [0.15, 0.2) is 0 Å². The molecule has 2 saturated heterocycles. The van der Waals surface area contributed by atoms with E-state index in [1.807, 2.05) is 6.07 Å². The number of hydrogen-bond acceptors (Lipinski definition) is 5. The van der Waals surface area contributed by atoms with Crippen molar-refractivity contribution >= 4 is 23.3 Å². The highest BCUT2D eigenvalue weighted by Crippen LogP contribution is 2.36. The summed E-state index contributed by atoms with van der Waals surface area (Å²) in [6.45, 7) is 3.08. The van der Waals surface area contributed by atoms with Crippen LogP contribution in [0.1, 0.15) is 13.3 Å². The molecule has 27 heavy (non-hydrogen) atoms. The molecular weight excluding hydrogens is 349 g/mol. The van der Waals surface area contributed by atoms with Gasteiger partial charge in [-0.15, -0.1) is 0 Å². The van der Waals surface area contributed by atoms with Crippen molar-refractivity contribution in [1.29, 1.82) is 0 Å². The summed E-state index contributed by atoms with van der Waals surface area (Å²) >= 11 is 0. The van der Waals surface area contributed by atoms with Crippen molar-refractivity contribution in [1.82, 2.24) is 14.9 Å². The van der Waals surface area contributed by atoms with Crippen LogP contribution in [0.4, 0.5) is 15.9 Å². The highest BCUT2D eigenvalue weighted by atomic mass is 19.1. The van der Waals surface area contributed by atoms with Gasteiger partial charge in [0.1, 0.15) is 24.5 Å². The summed E-state index contributed by atoms with van der Waals surface area (Å²) in [6.07, 6.45) is 3.88. The highest BCUT2D eigenvalue weighted by Gasteiger charge is 2.50. The lowest BCUT2D eigenvalue weighted by Crippen LogP contribution is -2.66. The summed E-state index contributed by atoms with van der Waals surface area (Å²) < 4.78 is 13.7. The first-order chi connectivity index (χ1) is 13.0. The minimum atomic E-state index is -0.531. The molecule has 2 amide bonds. The number of carbonyl (C=O) groups excluding carboxylic acids is 2. The first-order valence-corrected chi connectivity index (χ1v) is 8.84. The second-order valence-corrected chi connectivity index (χ2v) is 7.03. The fraction of sp³-hybridized carbons (Fsp3) is 0.368. The number of piperazine rings is 1. The molecule has 1 unspecified atom stereocenters. The molecule has 7 nitrogen and oxygen atoms in total. The Morgan fingerprint density at radius 2 is 2.11 bits per heavy atom.